The van der Waals surface area contributed by atoms with Crippen LogP contribution in [0.2, 0.25) is 0 Å². The van der Waals surface area contributed by atoms with Crippen molar-refractivity contribution in [3.05, 3.63) is 71.9 Å². The van der Waals surface area contributed by atoms with Crippen LogP contribution in [0.15, 0.2) is 59.6 Å². The van der Waals surface area contributed by atoms with Gasteiger partial charge in [-0.05, 0) is 66.8 Å². The first-order valence-corrected chi connectivity index (χ1v) is 10.4. The van der Waals surface area contributed by atoms with Crippen LogP contribution in [0, 0.1) is 11.6 Å². The Morgan fingerprint density at radius 1 is 1.10 bits per heavy atom. The fourth-order valence-electron chi connectivity index (χ4n) is 4.20. The molecule has 2 amide bonds. The Morgan fingerprint density at radius 3 is 2.60 bits per heavy atom. The lowest BCUT2D eigenvalue weighted by Gasteiger charge is -2.38. The average molecular weight is 424 g/mol. The molecule has 0 radical (unpaired) electrons. The van der Waals surface area contributed by atoms with Crippen LogP contribution in [0.3, 0.4) is 0 Å². The van der Waals surface area contributed by atoms with E-state index >= 15 is 0 Å². The number of hydrogen-bond acceptors (Lipinski definition) is 4. The molecule has 1 atom stereocenters. The van der Waals surface area contributed by atoms with Crippen molar-refractivity contribution in [2.45, 2.75) is 23.8 Å². The second-order valence-electron chi connectivity index (χ2n) is 7.39. The third-order valence-corrected chi connectivity index (χ3v) is 6.23. The number of urea groups is 1. The van der Waals surface area contributed by atoms with Gasteiger partial charge in [-0.3, -0.25) is 19.9 Å². The minimum absolute atomic E-state index is 0.0314. The van der Waals surface area contributed by atoms with Gasteiger partial charge in [-0.15, -0.1) is 0 Å². The number of amides is 2. The number of nitrogens with two attached hydrogens (primary N) is 1. The van der Waals surface area contributed by atoms with Crippen molar-refractivity contribution in [3.63, 3.8) is 0 Å². The third-order valence-electron chi connectivity index (χ3n) is 5.67. The summed E-state index contributed by atoms with van der Waals surface area (Å²) in [5.74, 6) is -0.735. The Bertz CT molecular complexity index is 1120. The Balaban J connectivity index is 1.43. The molecule has 1 unspecified atom stereocenters. The highest BCUT2D eigenvalue weighted by atomic mass is 32.2. The summed E-state index contributed by atoms with van der Waals surface area (Å²) in [5, 5.41) is 5.57. The van der Waals surface area contributed by atoms with Crippen LogP contribution >= 0.6 is 11.9 Å². The molecule has 3 heterocycles. The van der Waals surface area contributed by atoms with Crippen LogP contribution in [0.25, 0.3) is 11.3 Å². The summed E-state index contributed by atoms with van der Waals surface area (Å²) < 4.78 is 27.2. The second-order valence-corrected chi connectivity index (χ2v) is 8.06. The van der Waals surface area contributed by atoms with Crippen molar-refractivity contribution < 1.29 is 13.6 Å². The van der Waals surface area contributed by atoms with E-state index in [9.17, 15) is 13.6 Å². The van der Waals surface area contributed by atoms with Gasteiger partial charge in [0.15, 0.2) is 0 Å². The molecule has 2 aromatic carbocycles. The maximum atomic E-state index is 14.1. The van der Waals surface area contributed by atoms with Crippen LogP contribution in [-0.2, 0) is 6.42 Å². The number of aromatic nitrogens is 1. The first kappa shape index (κ1) is 19.0. The number of anilines is 2. The van der Waals surface area contributed by atoms with Gasteiger partial charge in [0.05, 0.1) is 22.5 Å². The van der Waals surface area contributed by atoms with E-state index in [-0.39, 0.29) is 23.7 Å². The fourth-order valence-corrected chi connectivity index (χ4v) is 4.55. The van der Waals surface area contributed by atoms with Gasteiger partial charge < -0.3 is 0 Å². The van der Waals surface area contributed by atoms with Crippen LogP contribution in [0.1, 0.15) is 12.0 Å². The third kappa shape index (κ3) is 3.12. The van der Waals surface area contributed by atoms with Gasteiger partial charge >= 0.3 is 6.03 Å². The molecular weight excluding hydrogens is 406 g/mol. The zero-order valence-electron chi connectivity index (χ0n) is 15.9. The average Bonchev–Trinajstić information content (AvgIpc) is 3.12. The SMILES string of the molecule is NSc1cc2c(cc1F)CC1CCN(c3ccc(-c4ccc(F)cn4)cc3)C(=O)N21. The number of benzene rings is 2. The summed E-state index contributed by atoms with van der Waals surface area (Å²) in [7, 11) is 0. The van der Waals surface area contributed by atoms with Crippen molar-refractivity contribution in [1.29, 1.82) is 0 Å². The molecule has 1 aromatic heterocycles. The molecule has 1 fully saturated rings. The number of fused-ring (bicyclic) bond motifs is 3. The molecule has 2 aliphatic heterocycles. The van der Waals surface area contributed by atoms with E-state index in [1.54, 1.807) is 21.9 Å². The molecule has 30 heavy (non-hydrogen) atoms. The van der Waals surface area contributed by atoms with Gasteiger partial charge in [-0.1, -0.05) is 12.1 Å². The highest BCUT2D eigenvalue weighted by Gasteiger charge is 2.41. The summed E-state index contributed by atoms with van der Waals surface area (Å²) in [6.07, 6.45) is 2.62. The lowest BCUT2D eigenvalue weighted by atomic mass is 10.1. The highest BCUT2D eigenvalue weighted by molar-refractivity contribution is 7.97. The van der Waals surface area contributed by atoms with Crippen molar-refractivity contribution in [1.82, 2.24) is 4.98 Å². The lowest BCUT2D eigenvalue weighted by molar-refractivity contribution is 0.245. The predicted octanol–water partition coefficient (Wildman–Crippen LogP) is 4.75. The number of halogens is 2. The zero-order valence-corrected chi connectivity index (χ0v) is 16.7. The van der Waals surface area contributed by atoms with E-state index < -0.39 is 0 Å². The van der Waals surface area contributed by atoms with E-state index in [1.807, 2.05) is 24.3 Å². The molecule has 152 valence electrons. The molecule has 0 bridgehead atoms. The Hall–Kier alpha value is -2.97. The monoisotopic (exact) mass is 424 g/mol. The summed E-state index contributed by atoms with van der Waals surface area (Å²) in [4.78, 5) is 21.2. The highest BCUT2D eigenvalue weighted by Crippen LogP contribution is 2.40. The molecule has 8 heteroatoms. The van der Waals surface area contributed by atoms with E-state index in [0.29, 0.717) is 23.6 Å². The van der Waals surface area contributed by atoms with Gasteiger partial charge in [-0.25, -0.2) is 13.6 Å². The lowest BCUT2D eigenvalue weighted by Crippen LogP contribution is -2.53. The van der Waals surface area contributed by atoms with Crippen molar-refractivity contribution >= 4 is 29.4 Å². The van der Waals surface area contributed by atoms with E-state index in [0.717, 1.165) is 40.9 Å². The van der Waals surface area contributed by atoms with Gasteiger partial charge in [0.2, 0.25) is 0 Å². The first-order chi connectivity index (χ1) is 14.5. The van der Waals surface area contributed by atoms with Crippen molar-refractivity contribution in [2.75, 3.05) is 16.3 Å². The minimum Gasteiger partial charge on any atom is -0.294 e. The molecule has 0 aliphatic carbocycles. The van der Waals surface area contributed by atoms with E-state index in [1.165, 1.54) is 18.3 Å². The summed E-state index contributed by atoms with van der Waals surface area (Å²) >= 11 is 0.844. The van der Waals surface area contributed by atoms with Crippen LogP contribution in [-0.4, -0.2) is 23.6 Å². The molecule has 3 aromatic rings. The Morgan fingerprint density at radius 2 is 1.90 bits per heavy atom. The first-order valence-electron chi connectivity index (χ1n) is 9.57. The molecular formula is C22H18F2N4OS. The van der Waals surface area contributed by atoms with Crippen LogP contribution in [0.4, 0.5) is 25.0 Å². The molecule has 5 nitrogen and oxygen atoms in total. The van der Waals surface area contributed by atoms with Crippen molar-refractivity contribution in [3.8, 4) is 11.3 Å². The van der Waals surface area contributed by atoms with E-state index in [4.69, 9.17) is 5.14 Å². The van der Waals surface area contributed by atoms with Gasteiger partial charge in [0.1, 0.15) is 11.6 Å². The number of carbonyl (C=O) groups excluding carboxylic acids is 1. The number of hydrogen-bond donors (Lipinski definition) is 1. The smallest absolute Gasteiger partial charge is 0.294 e. The fraction of sp³-hybridized carbons (Fsp3) is 0.182. The molecule has 0 spiro atoms. The summed E-state index contributed by atoms with van der Waals surface area (Å²) in [5.41, 5.74) is 3.84. The molecule has 2 N–H and O–H groups in total. The topological polar surface area (TPSA) is 62.5 Å². The number of pyridine rings is 1. The van der Waals surface area contributed by atoms with Gasteiger partial charge in [-0.2, -0.15) is 0 Å². The second kappa shape index (κ2) is 7.37. The molecule has 5 rings (SSSR count). The molecule has 1 saturated heterocycles. The standard InChI is InChI=1S/C22H18F2N4OS/c23-15-3-6-19(26-12-15)13-1-4-16(5-2-13)27-8-7-17-9-14-10-18(24)21(30-25)11-20(14)28(17)22(27)29/h1-6,10-12,17H,7-9,25H2. The molecule has 0 saturated carbocycles. The Kier molecular flexibility index (Phi) is 4.67. The summed E-state index contributed by atoms with van der Waals surface area (Å²) in [6.45, 7) is 0.586. The number of carbonyl (C=O) groups is 1. The maximum absolute atomic E-state index is 14.1. The quantitative estimate of drug-likeness (QED) is 0.616. The van der Waals surface area contributed by atoms with Crippen molar-refractivity contribution in [2.24, 2.45) is 5.14 Å². The predicted molar refractivity (Wildman–Crippen MR) is 113 cm³/mol. The van der Waals surface area contributed by atoms with Crippen LogP contribution < -0.4 is 14.9 Å². The molecule has 2 aliphatic rings. The minimum atomic E-state index is -0.384. The Labute approximate surface area is 176 Å². The van der Waals surface area contributed by atoms with E-state index in [2.05, 4.69) is 4.98 Å². The largest absolute Gasteiger partial charge is 0.329 e. The zero-order chi connectivity index (χ0) is 20.8. The summed E-state index contributed by atoms with van der Waals surface area (Å²) in [6, 6.07) is 13.5. The maximum Gasteiger partial charge on any atom is 0.329 e. The number of nitrogens with zero attached hydrogens (tertiary/aromatic N) is 3. The number of rotatable bonds is 3. The van der Waals surface area contributed by atoms with Gasteiger partial charge in [0, 0.05) is 23.8 Å². The normalized spacial score (nSPS) is 17.8. The van der Waals surface area contributed by atoms with Gasteiger partial charge in [0.25, 0.3) is 0 Å². The van der Waals surface area contributed by atoms with Crippen LogP contribution in [0.5, 0.6) is 0 Å².